The molecule has 2 aromatic heterocycles. The van der Waals surface area contributed by atoms with Gasteiger partial charge in [-0.2, -0.15) is 0 Å². The van der Waals surface area contributed by atoms with Gasteiger partial charge in [-0.1, -0.05) is 37.3 Å². The first kappa shape index (κ1) is 14.7. The minimum Gasteiger partial charge on any atom is -0.465 e. The van der Waals surface area contributed by atoms with Gasteiger partial charge in [0.25, 0.3) is 0 Å². The van der Waals surface area contributed by atoms with Crippen LogP contribution in [0.4, 0.5) is 0 Å². The van der Waals surface area contributed by atoms with Gasteiger partial charge in [-0.05, 0) is 56.5 Å². The van der Waals surface area contributed by atoms with E-state index in [1.54, 1.807) is 0 Å². The van der Waals surface area contributed by atoms with Crippen molar-refractivity contribution in [1.29, 1.82) is 0 Å². The van der Waals surface area contributed by atoms with Crippen LogP contribution < -0.4 is 0 Å². The Bertz CT molecular complexity index is 694. The maximum Gasteiger partial charge on any atom is 0.118 e. The van der Waals surface area contributed by atoms with Gasteiger partial charge >= 0.3 is 0 Å². The molecule has 0 bridgehead atoms. The molecule has 0 N–H and O–H groups in total. The summed E-state index contributed by atoms with van der Waals surface area (Å²) in [5.74, 6) is 3.82. The summed E-state index contributed by atoms with van der Waals surface area (Å²) in [6.07, 6.45) is 1.78. The Morgan fingerprint density at radius 1 is 0.773 bits per heavy atom. The standard InChI is InChI=1S/C20H22O2/c1-4-20(18-12-10-15(2)21-18,19-13-11-16(3)22-19)14-17-8-6-5-7-9-17/h5-13H,4,14H2,1-3H3. The Morgan fingerprint density at radius 2 is 1.32 bits per heavy atom. The lowest BCUT2D eigenvalue weighted by atomic mass is 9.75. The maximum atomic E-state index is 6.02. The molecular formula is C20H22O2. The summed E-state index contributed by atoms with van der Waals surface area (Å²) < 4.78 is 12.0. The third-order valence-corrected chi connectivity index (χ3v) is 4.38. The van der Waals surface area contributed by atoms with Gasteiger partial charge in [0, 0.05) is 0 Å². The van der Waals surface area contributed by atoms with Crippen molar-refractivity contribution >= 4 is 0 Å². The quantitative estimate of drug-likeness (QED) is 0.627. The fourth-order valence-electron chi connectivity index (χ4n) is 3.10. The highest BCUT2D eigenvalue weighted by Crippen LogP contribution is 2.40. The molecule has 0 aliphatic heterocycles. The molecule has 114 valence electrons. The second-order valence-electron chi connectivity index (χ2n) is 5.92. The average Bonchev–Trinajstić information content (AvgIpc) is 3.15. The molecule has 3 rings (SSSR count). The van der Waals surface area contributed by atoms with E-state index in [1.165, 1.54) is 5.56 Å². The van der Waals surface area contributed by atoms with E-state index in [0.29, 0.717) is 0 Å². The molecule has 0 radical (unpaired) electrons. The van der Waals surface area contributed by atoms with Crippen LogP contribution in [0.3, 0.4) is 0 Å². The molecule has 0 amide bonds. The third kappa shape index (κ3) is 2.61. The molecule has 0 atom stereocenters. The molecule has 0 fully saturated rings. The molecule has 0 saturated heterocycles. The second-order valence-corrected chi connectivity index (χ2v) is 5.92. The highest BCUT2D eigenvalue weighted by Gasteiger charge is 2.38. The van der Waals surface area contributed by atoms with Crippen molar-refractivity contribution in [3.63, 3.8) is 0 Å². The van der Waals surface area contributed by atoms with Crippen molar-refractivity contribution in [3.8, 4) is 0 Å². The Balaban J connectivity index is 2.11. The highest BCUT2D eigenvalue weighted by molar-refractivity contribution is 5.34. The van der Waals surface area contributed by atoms with Gasteiger partial charge in [0.15, 0.2) is 0 Å². The molecule has 22 heavy (non-hydrogen) atoms. The summed E-state index contributed by atoms with van der Waals surface area (Å²) in [6.45, 7) is 6.16. The highest BCUT2D eigenvalue weighted by atomic mass is 16.4. The molecule has 1 aromatic carbocycles. The average molecular weight is 294 g/mol. The van der Waals surface area contributed by atoms with Crippen LogP contribution in [-0.2, 0) is 11.8 Å². The van der Waals surface area contributed by atoms with Crippen molar-refractivity contribution in [1.82, 2.24) is 0 Å². The van der Waals surface area contributed by atoms with E-state index in [0.717, 1.165) is 35.9 Å². The number of hydrogen-bond donors (Lipinski definition) is 0. The van der Waals surface area contributed by atoms with Gasteiger partial charge in [0.05, 0.1) is 5.41 Å². The van der Waals surface area contributed by atoms with Crippen LogP contribution in [0.2, 0.25) is 0 Å². The zero-order chi connectivity index (χ0) is 15.6. The van der Waals surface area contributed by atoms with Crippen molar-refractivity contribution in [2.75, 3.05) is 0 Å². The molecule has 0 spiro atoms. The predicted octanol–water partition coefficient (Wildman–Crippen LogP) is 5.43. The van der Waals surface area contributed by atoms with E-state index in [1.807, 2.05) is 32.0 Å². The van der Waals surface area contributed by atoms with E-state index >= 15 is 0 Å². The zero-order valence-corrected chi connectivity index (χ0v) is 13.4. The van der Waals surface area contributed by atoms with Gasteiger partial charge in [-0.3, -0.25) is 0 Å². The fraction of sp³-hybridized carbons (Fsp3) is 0.300. The molecular weight excluding hydrogens is 272 g/mol. The van der Waals surface area contributed by atoms with E-state index in [4.69, 9.17) is 8.83 Å². The fourth-order valence-corrected chi connectivity index (χ4v) is 3.10. The van der Waals surface area contributed by atoms with Gasteiger partial charge in [0.2, 0.25) is 0 Å². The van der Waals surface area contributed by atoms with Crippen molar-refractivity contribution < 1.29 is 8.83 Å². The van der Waals surface area contributed by atoms with Crippen LogP contribution in [-0.4, -0.2) is 0 Å². The summed E-state index contributed by atoms with van der Waals surface area (Å²) in [4.78, 5) is 0. The smallest absolute Gasteiger partial charge is 0.118 e. The first-order valence-corrected chi connectivity index (χ1v) is 7.82. The number of rotatable bonds is 5. The Morgan fingerprint density at radius 3 is 1.73 bits per heavy atom. The van der Waals surface area contributed by atoms with Gasteiger partial charge in [-0.25, -0.2) is 0 Å². The predicted molar refractivity (Wildman–Crippen MR) is 88.1 cm³/mol. The molecule has 2 nitrogen and oxygen atoms in total. The van der Waals surface area contributed by atoms with E-state index < -0.39 is 0 Å². The van der Waals surface area contributed by atoms with Crippen molar-refractivity contribution in [3.05, 3.63) is 83.2 Å². The normalized spacial score (nSPS) is 11.8. The Kier molecular flexibility index (Phi) is 3.93. The lowest BCUT2D eigenvalue weighted by Crippen LogP contribution is -2.29. The summed E-state index contributed by atoms with van der Waals surface area (Å²) in [5.41, 5.74) is 1.02. The lowest BCUT2D eigenvalue weighted by molar-refractivity contribution is 0.303. The van der Waals surface area contributed by atoms with E-state index in [9.17, 15) is 0 Å². The van der Waals surface area contributed by atoms with Crippen LogP contribution in [0.5, 0.6) is 0 Å². The van der Waals surface area contributed by atoms with Crippen molar-refractivity contribution in [2.45, 2.75) is 39.0 Å². The van der Waals surface area contributed by atoms with E-state index in [2.05, 4.69) is 43.3 Å². The first-order valence-electron chi connectivity index (χ1n) is 7.82. The van der Waals surface area contributed by atoms with Gasteiger partial charge < -0.3 is 8.83 Å². The zero-order valence-electron chi connectivity index (χ0n) is 13.4. The summed E-state index contributed by atoms with van der Waals surface area (Å²) in [6, 6.07) is 18.8. The first-order chi connectivity index (χ1) is 10.6. The molecule has 0 aliphatic carbocycles. The van der Waals surface area contributed by atoms with Crippen LogP contribution in [0.1, 0.15) is 41.9 Å². The summed E-state index contributed by atoms with van der Waals surface area (Å²) >= 11 is 0. The number of furan rings is 2. The van der Waals surface area contributed by atoms with Crippen molar-refractivity contribution in [2.24, 2.45) is 0 Å². The number of hydrogen-bond acceptors (Lipinski definition) is 2. The van der Waals surface area contributed by atoms with Crippen LogP contribution in [0.15, 0.2) is 63.4 Å². The number of benzene rings is 1. The van der Waals surface area contributed by atoms with Gasteiger partial charge in [-0.15, -0.1) is 0 Å². The third-order valence-electron chi connectivity index (χ3n) is 4.38. The monoisotopic (exact) mass is 294 g/mol. The van der Waals surface area contributed by atoms with Crippen LogP contribution in [0, 0.1) is 13.8 Å². The van der Waals surface area contributed by atoms with Crippen LogP contribution in [0.25, 0.3) is 0 Å². The minimum absolute atomic E-state index is 0.260. The Labute approximate surface area is 131 Å². The van der Waals surface area contributed by atoms with Gasteiger partial charge in [0.1, 0.15) is 23.0 Å². The topological polar surface area (TPSA) is 26.3 Å². The molecule has 0 aliphatic rings. The molecule has 0 saturated carbocycles. The molecule has 2 heteroatoms. The summed E-state index contributed by atoms with van der Waals surface area (Å²) in [5, 5.41) is 0. The molecule has 3 aromatic rings. The second kappa shape index (κ2) is 5.88. The lowest BCUT2D eigenvalue weighted by Gasteiger charge is -2.29. The van der Waals surface area contributed by atoms with Crippen LogP contribution >= 0.6 is 0 Å². The Hall–Kier alpha value is -2.22. The maximum absolute atomic E-state index is 6.02. The van der Waals surface area contributed by atoms with E-state index in [-0.39, 0.29) is 5.41 Å². The SMILES string of the molecule is CCC(Cc1ccccc1)(c1ccc(C)o1)c1ccc(C)o1. The largest absolute Gasteiger partial charge is 0.465 e. The number of aryl methyl sites for hydroxylation is 2. The molecule has 2 heterocycles. The summed E-state index contributed by atoms with van der Waals surface area (Å²) in [7, 11) is 0. The minimum atomic E-state index is -0.260. The molecule has 0 unspecified atom stereocenters.